The van der Waals surface area contributed by atoms with E-state index in [1.165, 1.54) is 0 Å². The van der Waals surface area contributed by atoms with Gasteiger partial charge in [0.2, 0.25) is 11.8 Å². The largest absolute Gasteiger partial charge is 0.480 e. The molecular weight excluding hydrogens is 454 g/mol. The van der Waals surface area contributed by atoms with Crippen LogP contribution in [0.25, 0.3) is 22.4 Å². The number of amides is 1. The van der Waals surface area contributed by atoms with E-state index >= 15 is 0 Å². The minimum atomic E-state index is -1.01. The van der Waals surface area contributed by atoms with Crippen molar-refractivity contribution in [2.75, 3.05) is 13.2 Å². The van der Waals surface area contributed by atoms with E-state index in [2.05, 4.69) is 23.5 Å². The molecule has 0 bridgehead atoms. The van der Waals surface area contributed by atoms with Crippen LogP contribution in [0.4, 0.5) is 0 Å². The molecule has 3 aromatic rings. The van der Waals surface area contributed by atoms with Crippen LogP contribution in [-0.2, 0) is 9.59 Å². The van der Waals surface area contributed by atoms with Crippen LogP contribution in [0.2, 0.25) is 0 Å². The summed E-state index contributed by atoms with van der Waals surface area (Å²) in [6, 6.07) is 23.3. The summed E-state index contributed by atoms with van der Waals surface area (Å²) < 4.78 is 5.99. The molecule has 1 unspecified atom stereocenters. The van der Waals surface area contributed by atoms with Crippen molar-refractivity contribution >= 4 is 11.9 Å². The number of unbranched alkanes of at least 4 members (excludes halogenated alkanes) is 3. The Kier molecular flexibility index (Phi) is 10.9. The SMILES string of the molecule is NCCCCC(NC(=O)CCCCCOc1cc(-c2ccccc2)cc(-c2ccccc2)n1)C(=O)O. The number of benzene rings is 2. The number of hydrogen-bond donors (Lipinski definition) is 3. The van der Waals surface area contributed by atoms with Gasteiger partial charge in [-0.1, -0.05) is 60.7 Å². The first-order valence-electron chi connectivity index (χ1n) is 12.5. The van der Waals surface area contributed by atoms with E-state index in [0.717, 1.165) is 41.6 Å². The van der Waals surface area contributed by atoms with Gasteiger partial charge in [0, 0.05) is 18.1 Å². The zero-order chi connectivity index (χ0) is 25.6. The third-order valence-corrected chi connectivity index (χ3v) is 5.86. The highest BCUT2D eigenvalue weighted by Crippen LogP contribution is 2.28. The van der Waals surface area contributed by atoms with Crippen LogP contribution in [-0.4, -0.2) is 41.2 Å². The van der Waals surface area contributed by atoms with Crippen LogP contribution in [0.15, 0.2) is 72.8 Å². The van der Waals surface area contributed by atoms with Crippen molar-refractivity contribution in [1.29, 1.82) is 0 Å². The van der Waals surface area contributed by atoms with Gasteiger partial charge in [-0.25, -0.2) is 9.78 Å². The second-order valence-corrected chi connectivity index (χ2v) is 8.71. The van der Waals surface area contributed by atoms with Crippen molar-refractivity contribution in [2.24, 2.45) is 5.73 Å². The van der Waals surface area contributed by atoms with Crippen LogP contribution in [0, 0.1) is 0 Å². The highest BCUT2D eigenvalue weighted by molar-refractivity contribution is 5.83. The topological polar surface area (TPSA) is 115 Å². The third kappa shape index (κ3) is 8.82. The molecule has 0 aliphatic rings. The monoisotopic (exact) mass is 489 g/mol. The number of nitrogens with zero attached hydrogens (tertiary/aromatic N) is 1. The molecule has 7 heteroatoms. The number of carboxylic acids is 1. The number of aromatic nitrogens is 1. The number of carboxylic acid groups (broad SMARTS) is 1. The number of nitrogens with two attached hydrogens (primary N) is 1. The molecule has 0 aliphatic carbocycles. The fourth-order valence-corrected chi connectivity index (χ4v) is 3.89. The maximum absolute atomic E-state index is 12.1. The predicted molar refractivity (Wildman–Crippen MR) is 142 cm³/mol. The molecule has 0 saturated heterocycles. The number of pyridine rings is 1. The Balaban J connectivity index is 1.49. The summed E-state index contributed by atoms with van der Waals surface area (Å²) in [6.07, 6.45) is 4.34. The van der Waals surface area contributed by atoms with Crippen molar-refractivity contribution in [1.82, 2.24) is 10.3 Å². The number of carbonyl (C=O) groups is 2. The van der Waals surface area contributed by atoms with Gasteiger partial charge in [-0.3, -0.25) is 4.79 Å². The van der Waals surface area contributed by atoms with E-state index in [4.69, 9.17) is 15.5 Å². The predicted octanol–water partition coefficient (Wildman–Crippen LogP) is 5.05. The molecule has 1 atom stereocenters. The third-order valence-electron chi connectivity index (χ3n) is 5.86. The van der Waals surface area contributed by atoms with Crippen molar-refractivity contribution in [2.45, 2.75) is 51.0 Å². The molecule has 1 amide bonds. The molecule has 36 heavy (non-hydrogen) atoms. The fourth-order valence-electron chi connectivity index (χ4n) is 3.89. The lowest BCUT2D eigenvalue weighted by Crippen LogP contribution is -2.40. The van der Waals surface area contributed by atoms with Gasteiger partial charge < -0.3 is 20.9 Å². The average molecular weight is 490 g/mol. The molecule has 0 aliphatic heterocycles. The number of hydrogen-bond acceptors (Lipinski definition) is 5. The Morgan fingerprint density at radius 2 is 1.56 bits per heavy atom. The van der Waals surface area contributed by atoms with Crippen LogP contribution in [0.5, 0.6) is 5.88 Å². The van der Waals surface area contributed by atoms with E-state index in [0.29, 0.717) is 44.7 Å². The maximum Gasteiger partial charge on any atom is 0.326 e. The van der Waals surface area contributed by atoms with Gasteiger partial charge in [0.15, 0.2) is 0 Å². The molecule has 4 N–H and O–H groups in total. The summed E-state index contributed by atoms with van der Waals surface area (Å²) >= 11 is 0. The molecule has 190 valence electrons. The Morgan fingerprint density at radius 3 is 2.22 bits per heavy atom. The van der Waals surface area contributed by atoms with Gasteiger partial charge >= 0.3 is 5.97 Å². The fraction of sp³-hybridized carbons (Fsp3) is 0.345. The Labute approximate surface area is 212 Å². The Morgan fingerprint density at radius 1 is 0.861 bits per heavy atom. The molecule has 0 radical (unpaired) electrons. The van der Waals surface area contributed by atoms with Gasteiger partial charge in [-0.05, 0) is 62.3 Å². The van der Waals surface area contributed by atoms with Gasteiger partial charge in [-0.2, -0.15) is 0 Å². The first kappa shape index (κ1) is 26.9. The standard InChI is InChI=1S/C29H35N3O4/c30-18-10-9-16-25(29(34)35)31-27(33)17-8-3-11-19-36-28-21-24(22-12-4-1-5-13-22)20-26(32-28)23-14-6-2-7-15-23/h1-2,4-7,12-15,20-21,25H,3,8-11,16-19,30H2,(H,31,33)(H,34,35). The van der Waals surface area contributed by atoms with Crippen molar-refractivity contribution in [3.8, 4) is 28.3 Å². The van der Waals surface area contributed by atoms with Crippen LogP contribution in [0.3, 0.4) is 0 Å². The van der Waals surface area contributed by atoms with E-state index in [-0.39, 0.29) is 5.91 Å². The highest BCUT2D eigenvalue weighted by Gasteiger charge is 2.18. The summed E-state index contributed by atoms with van der Waals surface area (Å²) in [4.78, 5) is 28.2. The zero-order valence-corrected chi connectivity index (χ0v) is 20.6. The summed E-state index contributed by atoms with van der Waals surface area (Å²) in [7, 11) is 0. The van der Waals surface area contributed by atoms with E-state index in [9.17, 15) is 14.7 Å². The van der Waals surface area contributed by atoms with Crippen molar-refractivity contribution in [3.63, 3.8) is 0 Å². The molecule has 1 heterocycles. The Bertz CT molecular complexity index is 1030. The summed E-state index contributed by atoms with van der Waals surface area (Å²) in [6.45, 7) is 1.000. The molecular formula is C29H35N3O4. The van der Waals surface area contributed by atoms with Gasteiger partial charge in [0.25, 0.3) is 0 Å². The molecule has 0 saturated carbocycles. The lowest BCUT2D eigenvalue weighted by Gasteiger charge is -2.14. The Hall–Kier alpha value is -3.71. The van der Waals surface area contributed by atoms with Crippen molar-refractivity contribution < 1.29 is 19.4 Å². The van der Waals surface area contributed by atoms with Crippen LogP contribution >= 0.6 is 0 Å². The first-order chi connectivity index (χ1) is 17.6. The minimum absolute atomic E-state index is 0.235. The lowest BCUT2D eigenvalue weighted by atomic mass is 10.0. The molecule has 2 aromatic carbocycles. The van der Waals surface area contributed by atoms with Crippen LogP contribution in [0.1, 0.15) is 44.9 Å². The smallest absolute Gasteiger partial charge is 0.326 e. The number of ether oxygens (including phenoxy) is 1. The van der Waals surface area contributed by atoms with E-state index in [1.54, 1.807) is 0 Å². The maximum atomic E-state index is 12.1. The summed E-state index contributed by atoms with van der Waals surface area (Å²) in [5, 5.41) is 11.9. The summed E-state index contributed by atoms with van der Waals surface area (Å²) in [5.74, 6) is -0.676. The summed E-state index contributed by atoms with van der Waals surface area (Å²) in [5.41, 5.74) is 9.46. The molecule has 1 aromatic heterocycles. The van der Waals surface area contributed by atoms with Gasteiger partial charge in [0.1, 0.15) is 6.04 Å². The van der Waals surface area contributed by atoms with Crippen LogP contribution < -0.4 is 15.8 Å². The second kappa shape index (κ2) is 14.6. The number of nitrogens with one attached hydrogen (secondary N) is 1. The normalized spacial score (nSPS) is 11.6. The lowest BCUT2D eigenvalue weighted by molar-refractivity contribution is -0.142. The average Bonchev–Trinajstić information content (AvgIpc) is 2.91. The van der Waals surface area contributed by atoms with Gasteiger partial charge in [0.05, 0.1) is 12.3 Å². The quantitative estimate of drug-likeness (QED) is 0.257. The highest BCUT2D eigenvalue weighted by atomic mass is 16.5. The number of aliphatic carboxylic acids is 1. The molecule has 0 spiro atoms. The van der Waals surface area contributed by atoms with Gasteiger partial charge in [-0.15, -0.1) is 0 Å². The molecule has 0 fully saturated rings. The number of carbonyl (C=O) groups excluding carboxylic acids is 1. The van der Waals surface area contributed by atoms with Crippen molar-refractivity contribution in [3.05, 3.63) is 72.8 Å². The first-order valence-corrected chi connectivity index (χ1v) is 12.5. The molecule has 7 nitrogen and oxygen atoms in total. The second-order valence-electron chi connectivity index (χ2n) is 8.71. The molecule has 3 rings (SSSR count). The minimum Gasteiger partial charge on any atom is -0.480 e. The van der Waals surface area contributed by atoms with E-state index < -0.39 is 12.0 Å². The number of rotatable bonds is 15. The zero-order valence-electron chi connectivity index (χ0n) is 20.6. The van der Waals surface area contributed by atoms with E-state index in [1.807, 2.05) is 54.6 Å².